The molecule has 1 atom stereocenters. The zero-order chi connectivity index (χ0) is 10.7. The molecule has 1 N–H and O–H groups in total. The predicted octanol–water partition coefficient (Wildman–Crippen LogP) is 1.86. The third kappa shape index (κ3) is 2.66. The van der Waals surface area contributed by atoms with Crippen molar-refractivity contribution in [3.63, 3.8) is 0 Å². The highest BCUT2D eigenvalue weighted by molar-refractivity contribution is 5.86. The number of benzene rings is 1. The number of aryl methyl sites for hydroxylation is 1. The Hall–Kier alpha value is -1.15. The van der Waals surface area contributed by atoms with Gasteiger partial charge in [0.2, 0.25) is 0 Å². The molecule has 2 nitrogen and oxygen atoms in total. The summed E-state index contributed by atoms with van der Waals surface area (Å²) in [5, 5.41) is 3.24. The van der Waals surface area contributed by atoms with Crippen LogP contribution in [-0.4, -0.2) is 18.4 Å². The summed E-state index contributed by atoms with van der Waals surface area (Å²) in [5.41, 5.74) is 2.35. The van der Waals surface area contributed by atoms with E-state index in [2.05, 4.69) is 24.4 Å². The smallest absolute Gasteiger partial charge is 0.154 e. The van der Waals surface area contributed by atoms with Crippen LogP contribution in [0.4, 0.5) is 0 Å². The Morgan fingerprint density at radius 3 is 3.07 bits per heavy atom. The van der Waals surface area contributed by atoms with Crippen molar-refractivity contribution in [1.82, 2.24) is 5.32 Å². The van der Waals surface area contributed by atoms with Crippen LogP contribution < -0.4 is 5.32 Å². The Labute approximate surface area is 90.7 Å². The van der Waals surface area contributed by atoms with Gasteiger partial charge in [0.15, 0.2) is 5.78 Å². The third-order valence-corrected chi connectivity index (χ3v) is 2.91. The molecule has 1 aromatic carbocycles. The molecule has 0 aromatic heterocycles. The minimum atomic E-state index is 0.102. The van der Waals surface area contributed by atoms with Crippen molar-refractivity contribution in [2.24, 2.45) is 0 Å². The summed E-state index contributed by atoms with van der Waals surface area (Å²) in [6.45, 7) is 3.05. The van der Waals surface area contributed by atoms with Gasteiger partial charge in [-0.2, -0.15) is 0 Å². The number of carbonyl (C=O) groups excluding carboxylic acids is 1. The van der Waals surface area contributed by atoms with E-state index in [0.717, 1.165) is 24.9 Å². The Morgan fingerprint density at radius 1 is 1.53 bits per heavy atom. The minimum absolute atomic E-state index is 0.102. The van der Waals surface area contributed by atoms with Crippen molar-refractivity contribution >= 4 is 5.78 Å². The lowest BCUT2D eigenvalue weighted by Crippen LogP contribution is -2.31. The van der Waals surface area contributed by atoms with Gasteiger partial charge in [-0.25, -0.2) is 0 Å². The van der Waals surface area contributed by atoms with Gasteiger partial charge in [0.1, 0.15) is 0 Å². The summed E-state index contributed by atoms with van der Waals surface area (Å²) in [6.07, 6.45) is 2.70. The quantitative estimate of drug-likeness (QED) is 0.812. The SMILES string of the molecule is Cc1cccc(CC(=O)[C@@H]2CCCN2)c1. The van der Waals surface area contributed by atoms with E-state index in [1.807, 2.05) is 12.1 Å². The second-order valence-electron chi connectivity index (χ2n) is 4.28. The number of carbonyl (C=O) groups is 1. The van der Waals surface area contributed by atoms with Crippen LogP contribution in [0.2, 0.25) is 0 Å². The second kappa shape index (κ2) is 4.58. The summed E-state index contributed by atoms with van der Waals surface area (Å²) < 4.78 is 0. The Bertz CT molecular complexity index is 353. The van der Waals surface area contributed by atoms with Gasteiger partial charge in [0.05, 0.1) is 6.04 Å². The highest BCUT2D eigenvalue weighted by atomic mass is 16.1. The second-order valence-corrected chi connectivity index (χ2v) is 4.28. The molecule has 1 aliphatic rings. The number of Topliss-reactive ketones (excluding diaryl/α,β-unsaturated/α-hetero) is 1. The van der Waals surface area contributed by atoms with Crippen LogP contribution in [0.1, 0.15) is 24.0 Å². The lowest BCUT2D eigenvalue weighted by Gasteiger charge is -2.08. The summed E-state index contributed by atoms with van der Waals surface area (Å²) in [7, 11) is 0. The van der Waals surface area contributed by atoms with E-state index < -0.39 is 0 Å². The van der Waals surface area contributed by atoms with Crippen molar-refractivity contribution in [2.75, 3.05) is 6.54 Å². The molecule has 1 heterocycles. The van der Waals surface area contributed by atoms with Gasteiger partial charge in [-0.15, -0.1) is 0 Å². The molecular formula is C13H17NO. The molecule has 0 spiro atoms. The maximum atomic E-state index is 11.9. The van der Waals surface area contributed by atoms with E-state index in [4.69, 9.17) is 0 Å². The maximum Gasteiger partial charge on any atom is 0.154 e. The predicted molar refractivity (Wildman–Crippen MR) is 60.9 cm³/mol. The number of ketones is 1. The molecule has 1 fully saturated rings. The fourth-order valence-corrected chi connectivity index (χ4v) is 2.11. The zero-order valence-electron chi connectivity index (χ0n) is 9.12. The van der Waals surface area contributed by atoms with Crippen LogP contribution >= 0.6 is 0 Å². The van der Waals surface area contributed by atoms with Crippen LogP contribution in [0.15, 0.2) is 24.3 Å². The number of rotatable bonds is 3. The lowest BCUT2D eigenvalue weighted by atomic mass is 10.0. The molecular weight excluding hydrogens is 186 g/mol. The van der Waals surface area contributed by atoms with Gasteiger partial charge in [0, 0.05) is 6.42 Å². The average molecular weight is 203 g/mol. The van der Waals surface area contributed by atoms with Crippen LogP contribution in [-0.2, 0) is 11.2 Å². The molecule has 15 heavy (non-hydrogen) atoms. The zero-order valence-corrected chi connectivity index (χ0v) is 9.12. The summed E-state index contributed by atoms with van der Waals surface area (Å²) in [6, 6.07) is 8.29. The molecule has 1 aliphatic heterocycles. The summed E-state index contributed by atoms with van der Waals surface area (Å²) in [4.78, 5) is 11.9. The first-order valence-corrected chi connectivity index (χ1v) is 5.57. The van der Waals surface area contributed by atoms with E-state index in [1.54, 1.807) is 0 Å². The largest absolute Gasteiger partial charge is 0.307 e. The molecule has 0 radical (unpaired) electrons. The standard InChI is InChI=1S/C13H17NO/c1-10-4-2-5-11(8-10)9-13(15)12-6-3-7-14-12/h2,4-5,8,12,14H,3,6-7,9H2,1H3/t12-/m0/s1. The first-order chi connectivity index (χ1) is 7.25. The minimum Gasteiger partial charge on any atom is -0.307 e. The molecule has 0 unspecified atom stereocenters. The molecule has 2 rings (SSSR count). The molecule has 80 valence electrons. The van der Waals surface area contributed by atoms with E-state index in [9.17, 15) is 4.79 Å². The Kier molecular flexibility index (Phi) is 3.17. The van der Waals surface area contributed by atoms with Gasteiger partial charge in [-0.05, 0) is 31.9 Å². The average Bonchev–Trinajstić information content (AvgIpc) is 2.70. The topological polar surface area (TPSA) is 29.1 Å². The van der Waals surface area contributed by atoms with Gasteiger partial charge in [-0.3, -0.25) is 4.79 Å². The van der Waals surface area contributed by atoms with Crippen molar-refractivity contribution < 1.29 is 4.79 Å². The van der Waals surface area contributed by atoms with E-state index in [-0.39, 0.29) is 6.04 Å². The van der Waals surface area contributed by atoms with E-state index in [0.29, 0.717) is 12.2 Å². The van der Waals surface area contributed by atoms with Crippen molar-refractivity contribution in [3.05, 3.63) is 35.4 Å². The Morgan fingerprint density at radius 2 is 2.40 bits per heavy atom. The van der Waals surface area contributed by atoms with Crippen molar-refractivity contribution in [1.29, 1.82) is 0 Å². The lowest BCUT2D eigenvalue weighted by molar-refractivity contribution is -0.120. The van der Waals surface area contributed by atoms with Crippen LogP contribution in [0, 0.1) is 6.92 Å². The van der Waals surface area contributed by atoms with Gasteiger partial charge in [-0.1, -0.05) is 29.8 Å². The molecule has 0 bridgehead atoms. The fraction of sp³-hybridized carbons (Fsp3) is 0.462. The van der Waals surface area contributed by atoms with E-state index in [1.165, 1.54) is 5.56 Å². The maximum absolute atomic E-state index is 11.9. The molecule has 2 heteroatoms. The molecule has 0 saturated carbocycles. The normalized spacial score (nSPS) is 20.5. The highest BCUT2D eigenvalue weighted by Crippen LogP contribution is 2.11. The van der Waals surface area contributed by atoms with Crippen molar-refractivity contribution in [3.8, 4) is 0 Å². The fourth-order valence-electron chi connectivity index (χ4n) is 2.11. The number of nitrogens with one attached hydrogen (secondary N) is 1. The van der Waals surface area contributed by atoms with Gasteiger partial charge >= 0.3 is 0 Å². The molecule has 0 aliphatic carbocycles. The van der Waals surface area contributed by atoms with Gasteiger partial charge < -0.3 is 5.32 Å². The van der Waals surface area contributed by atoms with Crippen LogP contribution in [0.5, 0.6) is 0 Å². The Balaban J connectivity index is 1.99. The van der Waals surface area contributed by atoms with Gasteiger partial charge in [0.25, 0.3) is 0 Å². The van der Waals surface area contributed by atoms with Crippen LogP contribution in [0.25, 0.3) is 0 Å². The third-order valence-electron chi connectivity index (χ3n) is 2.91. The summed E-state index contributed by atoms with van der Waals surface area (Å²) >= 11 is 0. The molecule has 1 aromatic rings. The molecule has 0 amide bonds. The highest BCUT2D eigenvalue weighted by Gasteiger charge is 2.21. The number of hydrogen-bond acceptors (Lipinski definition) is 2. The first-order valence-electron chi connectivity index (χ1n) is 5.57. The van der Waals surface area contributed by atoms with Crippen molar-refractivity contribution in [2.45, 2.75) is 32.2 Å². The van der Waals surface area contributed by atoms with E-state index >= 15 is 0 Å². The first kappa shape index (κ1) is 10.4. The monoisotopic (exact) mass is 203 g/mol. The summed E-state index contributed by atoms with van der Waals surface area (Å²) in [5.74, 6) is 0.332. The molecule has 1 saturated heterocycles. The van der Waals surface area contributed by atoms with Crippen LogP contribution in [0.3, 0.4) is 0 Å². The number of hydrogen-bond donors (Lipinski definition) is 1.